The first-order chi connectivity index (χ1) is 5.11. The fraction of sp³-hybridized carbons (Fsp3) is 0.667. The molecule has 0 unspecified atom stereocenters. The Balaban J connectivity index is 2.85. The molecule has 0 amide bonds. The van der Waals surface area contributed by atoms with Crippen molar-refractivity contribution in [1.29, 1.82) is 0 Å². The fourth-order valence-corrected chi connectivity index (χ4v) is 0.641. The molecule has 0 saturated carbocycles. The van der Waals surface area contributed by atoms with Gasteiger partial charge in [0.05, 0.1) is 7.05 Å². The number of tetrazole rings is 1. The molecule has 0 bridgehead atoms. The number of Topliss-reactive ketones (excluding diaryl/α,β-unsaturated/α-hetero) is 1. The second kappa shape index (κ2) is 2.77. The third-order valence-corrected chi connectivity index (χ3v) is 1.25. The summed E-state index contributed by atoms with van der Waals surface area (Å²) < 4.78 is 0. The zero-order chi connectivity index (χ0) is 8.43. The lowest BCUT2D eigenvalue weighted by atomic mass is 10.1. The van der Waals surface area contributed by atoms with Crippen molar-refractivity contribution in [3.8, 4) is 0 Å². The number of hydrogen-bond acceptors (Lipinski definition) is 4. The van der Waals surface area contributed by atoms with E-state index < -0.39 is 0 Å². The molecule has 1 aromatic rings. The van der Waals surface area contributed by atoms with E-state index in [0.29, 0.717) is 0 Å². The molecular weight excluding hydrogens is 144 g/mol. The molecule has 1 heterocycles. The second-order valence-corrected chi connectivity index (χ2v) is 2.62. The van der Waals surface area contributed by atoms with Crippen molar-refractivity contribution < 1.29 is 4.79 Å². The molecule has 0 atom stereocenters. The standard InChI is InChI=1S/C6H10N4O/c1-4(2)5(11)6-7-9-10(3)8-6/h4H,1-3H3. The molecule has 0 radical (unpaired) electrons. The van der Waals surface area contributed by atoms with Gasteiger partial charge in [0.1, 0.15) is 0 Å². The molecule has 0 aliphatic rings. The van der Waals surface area contributed by atoms with Crippen LogP contribution >= 0.6 is 0 Å². The summed E-state index contributed by atoms with van der Waals surface area (Å²) in [6.45, 7) is 3.61. The summed E-state index contributed by atoms with van der Waals surface area (Å²) in [5.41, 5.74) is 0. The molecular formula is C6H10N4O. The molecule has 0 aromatic carbocycles. The van der Waals surface area contributed by atoms with Crippen molar-refractivity contribution in [2.24, 2.45) is 13.0 Å². The first kappa shape index (κ1) is 7.84. The Hall–Kier alpha value is -1.26. The topological polar surface area (TPSA) is 60.7 Å². The number of carbonyl (C=O) groups excluding carboxylic acids is 1. The number of ketones is 1. The van der Waals surface area contributed by atoms with E-state index in [1.807, 2.05) is 0 Å². The van der Waals surface area contributed by atoms with E-state index in [4.69, 9.17) is 0 Å². The van der Waals surface area contributed by atoms with Crippen LogP contribution in [0.5, 0.6) is 0 Å². The first-order valence-electron chi connectivity index (χ1n) is 3.39. The van der Waals surface area contributed by atoms with Crippen molar-refractivity contribution >= 4 is 5.78 Å². The molecule has 0 fully saturated rings. The van der Waals surface area contributed by atoms with E-state index in [1.54, 1.807) is 20.9 Å². The summed E-state index contributed by atoms with van der Waals surface area (Å²) in [5, 5.41) is 10.9. The summed E-state index contributed by atoms with van der Waals surface area (Å²) in [6, 6.07) is 0. The average Bonchev–Trinajstić information content (AvgIpc) is 2.34. The lowest BCUT2D eigenvalue weighted by Gasteiger charge is -1.95. The largest absolute Gasteiger partial charge is 0.290 e. The molecule has 60 valence electrons. The molecule has 5 heteroatoms. The van der Waals surface area contributed by atoms with Gasteiger partial charge < -0.3 is 0 Å². The predicted molar refractivity (Wildman–Crippen MR) is 38.0 cm³/mol. The summed E-state index contributed by atoms with van der Waals surface area (Å²) in [7, 11) is 1.63. The fourth-order valence-electron chi connectivity index (χ4n) is 0.641. The van der Waals surface area contributed by atoms with Crippen LogP contribution in [-0.4, -0.2) is 26.0 Å². The van der Waals surface area contributed by atoms with Gasteiger partial charge in [-0.1, -0.05) is 13.8 Å². The van der Waals surface area contributed by atoms with E-state index in [2.05, 4.69) is 15.4 Å². The summed E-state index contributed by atoms with van der Waals surface area (Å²) in [5.74, 6) is 0.0554. The summed E-state index contributed by atoms with van der Waals surface area (Å²) >= 11 is 0. The van der Waals surface area contributed by atoms with Gasteiger partial charge in [-0.3, -0.25) is 4.79 Å². The molecule has 0 N–H and O–H groups in total. The van der Waals surface area contributed by atoms with Crippen molar-refractivity contribution in [2.75, 3.05) is 0 Å². The molecule has 1 rings (SSSR count). The quantitative estimate of drug-likeness (QED) is 0.564. The van der Waals surface area contributed by atoms with Crippen molar-refractivity contribution in [3.63, 3.8) is 0 Å². The molecule has 11 heavy (non-hydrogen) atoms. The van der Waals surface area contributed by atoms with E-state index >= 15 is 0 Å². The van der Waals surface area contributed by atoms with Gasteiger partial charge in [0.15, 0.2) is 0 Å². The first-order valence-corrected chi connectivity index (χ1v) is 3.39. The molecule has 0 spiro atoms. The van der Waals surface area contributed by atoms with E-state index in [0.717, 1.165) is 0 Å². The van der Waals surface area contributed by atoms with Gasteiger partial charge in [0.25, 0.3) is 0 Å². The van der Waals surface area contributed by atoms with Crippen LogP contribution in [0, 0.1) is 5.92 Å². The van der Waals surface area contributed by atoms with Crippen LogP contribution < -0.4 is 0 Å². The van der Waals surface area contributed by atoms with Gasteiger partial charge >= 0.3 is 0 Å². The highest BCUT2D eigenvalue weighted by Crippen LogP contribution is 2.00. The minimum atomic E-state index is -0.0712. The van der Waals surface area contributed by atoms with Crippen LogP contribution in [0.25, 0.3) is 0 Å². The maximum absolute atomic E-state index is 11.2. The number of rotatable bonds is 2. The minimum absolute atomic E-state index is 0.0702. The number of aromatic nitrogens is 4. The van der Waals surface area contributed by atoms with E-state index in [1.165, 1.54) is 4.80 Å². The van der Waals surface area contributed by atoms with Crippen LogP contribution in [0.4, 0.5) is 0 Å². The van der Waals surface area contributed by atoms with Crippen molar-refractivity contribution in [3.05, 3.63) is 5.82 Å². The number of carbonyl (C=O) groups is 1. The highest BCUT2D eigenvalue weighted by molar-refractivity contribution is 5.93. The summed E-state index contributed by atoms with van der Waals surface area (Å²) in [6.07, 6.45) is 0. The highest BCUT2D eigenvalue weighted by atomic mass is 16.1. The van der Waals surface area contributed by atoms with E-state index in [-0.39, 0.29) is 17.5 Å². The number of aryl methyl sites for hydroxylation is 1. The lowest BCUT2D eigenvalue weighted by Crippen LogP contribution is -2.09. The minimum Gasteiger partial charge on any atom is -0.290 e. The Morgan fingerprint density at radius 2 is 2.18 bits per heavy atom. The SMILES string of the molecule is CC(C)C(=O)c1nnn(C)n1. The Morgan fingerprint density at radius 3 is 2.55 bits per heavy atom. The van der Waals surface area contributed by atoms with Gasteiger partial charge in [0.2, 0.25) is 11.6 Å². The van der Waals surface area contributed by atoms with E-state index in [9.17, 15) is 4.79 Å². The normalized spacial score (nSPS) is 10.5. The Bertz CT molecular complexity index is 265. The Morgan fingerprint density at radius 1 is 1.55 bits per heavy atom. The average molecular weight is 154 g/mol. The van der Waals surface area contributed by atoms with Crippen molar-refractivity contribution in [1.82, 2.24) is 20.2 Å². The van der Waals surface area contributed by atoms with Crippen LogP contribution in [0.15, 0.2) is 0 Å². The maximum atomic E-state index is 11.2. The third kappa shape index (κ3) is 1.60. The Kier molecular flexibility index (Phi) is 1.98. The zero-order valence-corrected chi connectivity index (χ0v) is 6.77. The smallest absolute Gasteiger partial charge is 0.240 e. The second-order valence-electron chi connectivity index (χ2n) is 2.62. The monoisotopic (exact) mass is 154 g/mol. The number of hydrogen-bond donors (Lipinski definition) is 0. The Labute approximate surface area is 64.4 Å². The predicted octanol–water partition coefficient (Wildman–Crippen LogP) is 0.0488. The van der Waals surface area contributed by atoms with Gasteiger partial charge in [-0.25, -0.2) is 0 Å². The lowest BCUT2D eigenvalue weighted by molar-refractivity contribution is 0.0928. The number of nitrogens with zero attached hydrogens (tertiary/aromatic N) is 4. The van der Waals surface area contributed by atoms with Gasteiger partial charge in [-0.2, -0.15) is 4.80 Å². The van der Waals surface area contributed by atoms with Gasteiger partial charge in [-0.15, -0.1) is 10.2 Å². The molecule has 0 aliphatic carbocycles. The molecule has 5 nitrogen and oxygen atoms in total. The molecule has 1 aromatic heterocycles. The van der Waals surface area contributed by atoms with Gasteiger partial charge in [0, 0.05) is 5.92 Å². The molecule has 0 aliphatic heterocycles. The third-order valence-electron chi connectivity index (χ3n) is 1.25. The maximum Gasteiger partial charge on any atom is 0.240 e. The van der Waals surface area contributed by atoms with Crippen LogP contribution in [0.3, 0.4) is 0 Å². The van der Waals surface area contributed by atoms with Crippen LogP contribution in [0.1, 0.15) is 24.5 Å². The zero-order valence-electron chi connectivity index (χ0n) is 6.77. The highest BCUT2D eigenvalue weighted by Gasteiger charge is 2.14. The van der Waals surface area contributed by atoms with Gasteiger partial charge in [-0.05, 0) is 5.21 Å². The van der Waals surface area contributed by atoms with Crippen molar-refractivity contribution in [2.45, 2.75) is 13.8 Å². The summed E-state index contributed by atoms with van der Waals surface area (Å²) in [4.78, 5) is 12.5. The van der Waals surface area contributed by atoms with Crippen LogP contribution in [0.2, 0.25) is 0 Å². The molecule has 0 saturated heterocycles. The van der Waals surface area contributed by atoms with Crippen LogP contribution in [-0.2, 0) is 7.05 Å².